The Hall–Kier alpha value is -1.96. The van der Waals surface area contributed by atoms with Crippen molar-refractivity contribution in [2.75, 3.05) is 6.61 Å². The van der Waals surface area contributed by atoms with Crippen molar-refractivity contribution >= 4 is 8.53 Å². The molecule has 8 nitrogen and oxygen atoms in total. The number of nitrogens with one attached hydrogen (secondary N) is 1. The molecule has 0 fully saturated rings. The second-order valence-corrected chi connectivity index (χ2v) is 8.51. The van der Waals surface area contributed by atoms with E-state index in [0.29, 0.717) is 19.4 Å². The summed E-state index contributed by atoms with van der Waals surface area (Å²) in [6, 6.07) is 2.52. The van der Waals surface area contributed by atoms with Crippen molar-refractivity contribution in [3.05, 3.63) is 32.6 Å². The monoisotopic (exact) mass is 422 g/mol. The van der Waals surface area contributed by atoms with Crippen molar-refractivity contribution in [1.82, 2.24) is 14.2 Å². The number of aryl methyl sites for hydroxylation is 1. The molecule has 0 aliphatic heterocycles. The average Bonchev–Trinajstić information content (AvgIpc) is 2.64. The molecule has 1 heterocycles. The molecule has 0 saturated heterocycles. The first-order chi connectivity index (χ1) is 13.7. The lowest BCUT2D eigenvalue weighted by molar-refractivity contribution is 0.132. The molecule has 1 aromatic rings. The first kappa shape index (κ1) is 25.1. The third-order valence-electron chi connectivity index (χ3n) is 4.02. The minimum atomic E-state index is -1.35. The molecular formula is C20H31N4O4P. The highest BCUT2D eigenvalue weighted by atomic mass is 31.2. The van der Waals surface area contributed by atoms with Crippen molar-refractivity contribution < 1.29 is 9.05 Å². The van der Waals surface area contributed by atoms with E-state index in [0.717, 1.165) is 6.42 Å². The maximum atomic E-state index is 11.8. The Bertz CT molecular complexity index is 852. The van der Waals surface area contributed by atoms with Crippen LogP contribution in [0.2, 0.25) is 0 Å². The van der Waals surface area contributed by atoms with Gasteiger partial charge in [-0.2, -0.15) is 5.26 Å². The lowest BCUT2D eigenvalue weighted by Gasteiger charge is -2.37. The molecule has 0 bridgehead atoms. The lowest BCUT2D eigenvalue weighted by atomic mass is 10.2. The van der Waals surface area contributed by atoms with Gasteiger partial charge in [0.1, 0.15) is 5.56 Å². The highest BCUT2D eigenvalue weighted by Crippen LogP contribution is 2.47. The van der Waals surface area contributed by atoms with Gasteiger partial charge in [0, 0.05) is 31.7 Å². The molecule has 0 aliphatic carbocycles. The fraction of sp³-hybridized carbons (Fsp3) is 0.650. The van der Waals surface area contributed by atoms with Gasteiger partial charge in [-0.1, -0.05) is 18.8 Å². The van der Waals surface area contributed by atoms with Gasteiger partial charge < -0.3 is 13.6 Å². The molecule has 0 radical (unpaired) electrons. The molecule has 1 aromatic heterocycles. The van der Waals surface area contributed by atoms with Crippen LogP contribution < -0.4 is 11.2 Å². The number of hydrogen-bond donors (Lipinski definition) is 1. The maximum Gasteiger partial charge on any atom is 0.328 e. The van der Waals surface area contributed by atoms with Crippen LogP contribution in [0.5, 0.6) is 0 Å². The van der Waals surface area contributed by atoms with Crippen molar-refractivity contribution in [3.8, 4) is 17.9 Å². The van der Waals surface area contributed by atoms with E-state index in [1.165, 1.54) is 10.8 Å². The summed E-state index contributed by atoms with van der Waals surface area (Å²) < 4.78 is 15.6. The molecule has 2 atom stereocenters. The zero-order chi connectivity index (χ0) is 22.0. The first-order valence-electron chi connectivity index (χ1n) is 9.75. The molecule has 0 aromatic carbocycles. The van der Waals surface area contributed by atoms with Crippen molar-refractivity contribution in [2.24, 2.45) is 7.05 Å². The van der Waals surface area contributed by atoms with Crippen LogP contribution in [-0.4, -0.2) is 39.0 Å². The second kappa shape index (κ2) is 12.6. The molecule has 0 amide bonds. The van der Waals surface area contributed by atoms with Gasteiger partial charge in [-0.05, 0) is 34.1 Å². The summed E-state index contributed by atoms with van der Waals surface area (Å²) in [4.78, 5) is 25.5. The molecule has 0 saturated carbocycles. The number of hydrogen-bond acceptors (Lipinski definition) is 6. The normalized spacial score (nSPS) is 13.2. The number of nitrogens with zero attached hydrogens (tertiary/aromatic N) is 3. The van der Waals surface area contributed by atoms with Crippen LogP contribution in [0.1, 0.15) is 59.4 Å². The van der Waals surface area contributed by atoms with Gasteiger partial charge in [-0.3, -0.25) is 9.78 Å². The van der Waals surface area contributed by atoms with Crippen molar-refractivity contribution in [2.45, 2.75) is 72.1 Å². The predicted octanol–water partition coefficient (Wildman–Crippen LogP) is 2.89. The Balaban J connectivity index is 2.94. The third-order valence-corrected chi connectivity index (χ3v) is 6.20. The topological polar surface area (TPSA) is 100 Å². The van der Waals surface area contributed by atoms with Crippen molar-refractivity contribution in [3.63, 3.8) is 0 Å². The van der Waals surface area contributed by atoms with Gasteiger partial charge in [0.25, 0.3) is 14.1 Å². The Morgan fingerprint density at radius 2 is 1.93 bits per heavy atom. The Kier molecular flexibility index (Phi) is 10.9. The van der Waals surface area contributed by atoms with E-state index in [-0.39, 0.29) is 23.8 Å². The molecule has 160 valence electrons. The zero-order valence-electron chi connectivity index (χ0n) is 18.1. The van der Waals surface area contributed by atoms with E-state index in [9.17, 15) is 9.59 Å². The standard InChI is InChI=1S/C20H31N4O4P/c1-7-18(11-8-10-17-14-23(6)20(26)22-19(17)25)28-29(27-13-9-12-21)24(15(2)3)16(4)5/h14-16,18H,7,9,11,13H2,1-6H3,(H,22,25,26)/t18-,29?/m1/s1. The van der Waals surface area contributed by atoms with Crippen LogP contribution in [0, 0.1) is 23.2 Å². The van der Waals surface area contributed by atoms with Crippen LogP contribution in [0.4, 0.5) is 0 Å². The number of H-pyrrole nitrogens is 1. The molecule has 1 rings (SSSR count). The van der Waals surface area contributed by atoms with Crippen LogP contribution in [0.25, 0.3) is 0 Å². The second-order valence-electron chi connectivity index (χ2n) is 7.10. The van der Waals surface area contributed by atoms with Crippen LogP contribution in [-0.2, 0) is 16.1 Å². The minimum absolute atomic E-state index is 0.178. The Labute approximate surface area is 173 Å². The fourth-order valence-corrected chi connectivity index (χ4v) is 4.37. The average molecular weight is 422 g/mol. The Morgan fingerprint density at radius 3 is 2.48 bits per heavy atom. The van der Waals surface area contributed by atoms with Crippen LogP contribution >= 0.6 is 8.53 Å². The molecule has 9 heteroatoms. The molecule has 1 N–H and O–H groups in total. The molecular weight excluding hydrogens is 391 g/mol. The predicted molar refractivity (Wildman–Crippen MR) is 114 cm³/mol. The molecule has 0 spiro atoms. The van der Waals surface area contributed by atoms with Crippen LogP contribution in [0.15, 0.2) is 15.8 Å². The third kappa shape index (κ3) is 8.12. The first-order valence-corrected chi connectivity index (χ1v) is 10.9. The Morgan fingerprint density at radius 1 is 1.28 bits per heavy atom. The fourth-order valence-electron chi connectivity index (χ4n) is 2.59. The number of aromatic amines is 1. The van der Waals surface area contributed by atoms with Gasteiger partial charge in [-0.15, -0.1) is 0 Å². The lowest BCUT2D eigenvalue weighted by Crippen LogP contribution is -2.34. The van der Waals surface area contributed by atoms with Gasteiger partial charge in [-0.25, -0.2) is 9.46 Å². The number of nitriles is 1. The van der Waals surface area contributed by atoms with E-state index in [1.54, 1.807) is 7.05 Å². The highest BCUT2D eigenvalue weighted by molar-refractivity contribution is 7.44. The summed E-state index contributed by atoms with van der Waals surface area (Å²) in [5.74, 6) is 5.81. The zero-order valence-corrected chi connectivity index (χ0v) is 19.0. The van der Waals surface area contributed by atoms with Crippen LogP contribution in [0.3, 0.4) is 0 Å². The van der Waals surface area contributed by atoms with Gasteiger partial charge in [0.2, 0.25) is 0 Å². The molecule has 0 aliphatic rings. The van der Waals surface area contributed by atoms with Gasteiger partial charge in [0.15, 0.2) is 0 Å². The largest absolute Gasteiger partial charge is 0.328 e. The quantitative estimate of drug-likeness (QED) is 0.354. The van der Waals surface area contributed by atoms with Crippen molar-refractivity contribution in [1.29, 1.82) is 5.26 Å². The van der Waals surface area contributed by atoms with E-state index in [1.807, 2.05) is 6.92 Å². The smallest absolute Gasteiger partial charge is 0.321 e. The summed E-state index contributed by atoms with van der Waals surface area (Å²) in [7, 11) is 0.210. The molecule has 29 heavy (non-hydrogen) atoms. The van der Waals surface area contributed by atoms with E-state index < -0.39 is 19.8 Å². The maximum absolute atomic E-state index is 11.8. The van der Waals surface area contributed by atoms with Gasteiger partial charge in [0.05, 0.1) is 25.2 Å². The van der Waals surface area contributed by atoms with Gasteiger partial charge >= 0.3 is 5.69 Å². The molecule has 1 unspecified atom stereocenters. The van der Waals surface area contributed by atoms with E-state index in [4.69, 9.17) is 14.3 Å². The summed E-state index contributed by atoms with van der Waals surface area (Å²) in [5, 5.41) is 8.80. The summed E-state index contributed by atoms with van der Waals surface area (Å²) in [6.45, 7) is 10.6. The van der Waals surface area contributed by atoms with E-state index in [2.05, 4.69) is 55.3 Å². The summed E-state index contributed by atoms with van der Waals surface area (Å²) in [5.41, 5.74) is -0.735. The summed E-state index contributed by atoms with van der Waals surface area (Å²) in [6.07, 6.45) is 2.69. The minimum Gasteiger partial charge on any atom is -0.321 e. The number of rotatable bonds is 10. The highest BCUT2D eigenvalue weighted by Gasteiger charge is 2.29. The number of aromatic nitrogens is 2. The van der Waals surface area contributed by atoms with E-state index >= 15 is 0 Å². The SMILES string of the molecule is CC[C@H](CC#Cc1cn(C)c(=O)[nH]c1=O)OP(OCCC#N)N(C(C)C)C(C)C. The summed E-state index contributed by atoms with van der Waals surface area (Å²) >= 11 is 0.